The molecule has 11 heteroatoms. The zero-order valence-corrected chi connectivity index (χ0v) is 16.5. The molecule has 3 aromatic rings. The van der Waals surface area contributed by atoms with Crippen molar-refractivity contribution in [2.24, 2.45) is 5.73 Å². The van der Waals surface area contributed by atoms with Gasteiger partial charge in [-0.15, -0.1) is 0 Å². The van der Waals surface area contributed by atoms with Gasteiger partial charge in [0.1, 0.15) is 28.8 Å². The number of fused-ring (bicyclic) bond motifs is 1. The Morgan fingerprint density at radius 1 is 1.25 bits per heavy atom. The van der Waals surface area contributed by atoms with Gasteiger partial charge in [0.15, 0.2) is 5.82 Å². The van der Waals surface area contributed by atoms with Gasteiger partial charge >= 0.3 is 5.97 Å². The summed E-state index contributed by atoms with van der Waals surface area (Å²) in [5.74, 6) is -4.78. The number of rotatable bonds is 6. The van der Waals surface area contributed by atoms with Crippen LogP contribution in [-0.2, 0) is 16.1 Å². The number of esters is 1. The lowest BCUT2D eigenvalue weighted by Crippen LogP contribution is -2.42. The zero-order valence-electron chi connectivity index (χ0n) is 16.5. The number of nitrogens with zero attached hydrogens (tertiary/aromatic N) is 2. The summed E-state index contributed by atoms with van der Waals surface area (Å²) in [7, 11) is 0. The van der Waals surface area contributed by atoms with Crippen LogP contribution < -0.4 is 11.1 Å². The van der Waals surface area contributed by atoms with Crippen LogP contribution in [0.25, 0.3) is 16.5 Å². The molecule has 166 valence electrons. The van der Waals surface area contributed by atoms with E-state index in [1.807, 2.05) is 0 Å². The Morgan fingerprint density at radius 3 is 2.62 bits per heavy atom. The summed E-state index contributed by atoms with van der Waals surface area (Å²) in [4.78, 5) is 32.7. The molecule has 2 aromatic heterocycles. The van der Waals surface area contributed by atoms with Crippen molar-refractivity contribution in [1.29, 1.82) is 0 Å². The quantitative estimate of drug-likeness (QED) is 0.441. The van der Waals surface area contributed by atoms with Crippen molar-refractivity contribution in [1.82, 2.24) is 15.3 Å². The SMILES string of the molecule is N/C=C(/C(=O)NCc1cc2cc(F)cc(C(=O)OC3CC(F)(F)C3)c2o1)c1ncccn1. The van der Waals surface area contributed by atoms with Crippen molar-refractivity contribution in [3.05, 3.63) is 65.8 Å². The lowest BCUT2D eigenvalue weighted by molar-refractivity contribution is -0.146. The molecule has 2 heterocycles. The Hall–Kier alpha value is -3.89. The minimum absolute atomic E-state index is 0.0210. The number of hydrogen-bond donors (Lipinski definition) is 2. The van der Waals surface area contributed by atoms with Gasteiger partial charge in [-0.2, -0.15) is 0 Å². The van der Waals surface area contributed by atoms with Crippen molar-refractivity contribution >= 4 is 28.4 Å². The predicted octanol–water partition coefficient (Wildman–Crippen LogP) is 2.93. The fraction of sp³-hybridized carbons (Fsp3) is 0.238. The van der Waals surface area contributed by atoms with E-state index in [2.05, 4.69) is 15.3 Å². The molecule has 0 spiro atoms. The summed E-state index contributed by atoms with van der Waals surface area (Å²) in [6.45, 7) is -0.108. The van der Waals surface area contributed by atoms with Gasteiger partial charge in [0.05, 0.1) is 12.1 Å². The lowest BCUT2D eigenvalue weighted by Gasteiger charge is -2.33. The molecule has 1 aliphatic carbocycles. The third kappa shape index (κ3) is 4.41. The number of nitrogens with two attached hydrogens (primary N) is 1. The first-order valence-electron chi connectivity index (χ1n) is 9.54. The van der Waals surface area contributed by atoms with Gasteiger partial charge in [-0.1, -0.05) is 0 Å². The second-order valence-electron chi connectivity index (χ2n) is 7.21. The molecular formula is C21H17F3N4O4. The highest BCUT2D eigenvalue weighted by atomic mass is 19.3. The minimum atomic E-state index is -2.86. The van der Waals surface area contributed by atoms with Gasteiger partial charge < -0.3 is 20.2 Å². The molecule has 1 saturated carbocycles. The van der Waals surface area contributed by atoms with Crippen molar-refractivity contribution in [3.63, 3.8) is 0 Å². The van der Waals surface area contributed by atoms with Crippen LogP contribution in [0.1, 0.15) is 34.8 Å². The standard InChI is InChI=1S/C21H17F3N4O4/c22-12-4-11-5-13(10-28-19(29)16(9-25)18-26-2-1-3-27-18)31-17(11)15(6-12)20(30)32-14-7-21(23,24)8-14/h1-6,9,14H,7-8,10,25H2,(H,28,29)/b16-9+. The Morgan fingerprint density at radius 2 is 1.97 bits per heavy atom. The molecule has 0 atom stereocenters. The average Bonchev–Trinajstić information content (AvgIpc) is 3.14. The van der Waals surface area contributed by atoms with Crippen LogP contribution in [0.3, 0.4) is 0 Å². The highest BCUT2D eigenvalue weighted by Crippen LogP contribution is 2.40. The molecule has 0 unspecified atom stereocenters. The van der Waals surface area contributed by atoms with E-state index in [9.17, 15) is 22.8 Å². The van der Waals surface area contributed by atoms with Crippen molar-refractivity contribution in [2.75, 3.05) is 0 Å². The van der Waals surface area contributed by atoms with E-state index in [-0.39, 0.29) is 40.2 Å². The number of furan rings is 1. The number of ether oxygens (including phenoxy) is 1. The molecule has 1 aliphatic rings. The Bertz CT molecular complexity index is 1200. The maximum atomic E-state index is 14.0. The first kappa shape index (κ1) is 21.3. The molecule has 1 fully saturated rings. The first-order valence-corrected chi connectivity index (χ1v) is 9.54. The van der Waals surface area contributed by atoms with Gasteiger partial charge in [-0.05, 0) is 24.3 Å². The number of carbonyl (C=O) groups is 2. The van der Waals surface area contributed by atoms with Gasteiger partial charge in [-0.25, -0.2) is 27.9 Å². The van der Waals surface area contributed by atoms with Crippen LogP contribution in [0.4, 0.5) is 13.2 Å². The second kappa shape index (κ2) is 8.33. The van der Waals surface area contributed by atoms with Gasteiger partial charge in [-0.3, -0.25) is 4.79 Å². The Balaban J connectivity index is 1.49. The van der Waals surface area contributed by atoms with E-state index >= 15 is 0 Å². The molecule has 32 heavy (non-hydrogen) atoms. The monoisotopic (exact) mass is 446 g/mol. The molecule has 4 rings (SSSR count). The van der Waals surface area contributed by atoms with Gasteiger partial charge in [0.25, 0.3) is 11.8 Å². The van der Waals surface area contributed by atoms with E-state index in [1.165, 1.54) is 18.5 Å². The van der Waals surface area contributed by atoms with Gasteiger partial charge in [0.2, 0.25) is 0 Å². The highest BCUT2D eigenvalue weighted by molar-refractivity contribution is 6.18. The molecular weight excluding hydrogens is 429 g/mol. The summed E-state index contributed by atoms with van der Waals surface area (Å²) >= 11 is 0. The van der Waals surface area contributed by atoms with Crippen LogP contribution in [-0.4, -0.2) is 33.9 Å². The number of carbonyl (C=O) groups excluding carboxylic acids is 2. The second-order valence-corrected chi connectivity index (χ2v) is 7.21. The molecule has 0 bridgehead atoms. The van der Waals surface area contributed by atoms with Crippen LogP contribution in [0.2, 0.25) is 0 Å². The normalized spacial score (nSPS) is 15.9. The van der Waals surface area contributed by atoms with E-state index < -0.39 is 42.6 Å². The number of alkyl halides is 2. The maximum Gasteiger partial charge on any atom is 0.342 e. The Labute approximate surface area is 179 Å². The molecule has 0 aliphatic heterocycles. The van der Waals surface area contributed by atoms with E-state index in [4.69, 9.17) is 14.9 Å². The smallest absolute Gasteiger partial charge is 0.342 e. The molecule has 8 nitrogen and oxygen atoms in total. The van der Waals surface area contributed by atoms with Crippen molar-refractivity contribution in [3.8, 4) is 0 Å². The van der Waals surface area contributed by atoms with Crippen LogP contribution >= 0.6 is 0 Å². The minimum Gasteiger partial charge on any atom is -0.458 e. The number of nitrogens with one attached hydrogen (secondary N) is 1. The van der Waals surface area contributed by atoms with E-state index in [0.29, 0.717) is 0 Å². The zero-order chi connectivity index (χ0) is 22.9. The Kier molecular flexibility index (Phi) is 5.56. The first-order chi connectivity index (χ1) is 15.3. The van der Waals surface area contributed by atoms with E-state index in [1.54, 1.807) is 6.07 Å². The highest BCUT2D eigenvalue weighted by Gasteiger charge is 2.47. The number of aromatic nitrogens is 2. The van der Waals surface area contributed by atoms with Crippen LogP contribution in [0.5, 0.6) is 0 Å². The van der Waals surface area contributed by atoms with Crippen LogP contribution in [0.15, 0.2) is 47.3 Å². The summed E-state index contributed by atoms with van der Waals surface area (Å²) in [6.07, 6.45) is 1.89. The number of halogens is 3. The average molecular weight is 446 g/mol. The molecule has 0 saturated heterocycles. The topological polar surface area (TPSA) is 120 Å². The largest absolute Gasteiger partial charge is 0.458 e. The van der Waals surface area contributed by atoms with Crippen molar-refractivity contribution in [2.45, 2.75) is 31.4 Å². The van der Waals surface area contributed by atoms with Gasteiger partial charge in [0, 0.05) is 36.8 Å². The predicted molar refractivity (Wildman–Crippen MR) is 106 cm³/mol. The molecule has 3 N–H and O–H groups in total. The van der Waals surface area contributed by atoms with E-state index in [0.717, 1.165) is 18.3 Å². The number of amides is 1. The van der Waals surface area contributed by atoms with Crippen molar-refractivity contribution < 1.29 is 31.9 Å². The summed E-state index contributed by atoms with van der Waals surface area (Å²) in [6, 6.07) is 5.08. The number of benzene rings is 1. The third-order valence-corrected chi connectivity index (χ3v) is 4.82. The third-order valence-electron chi connectivity index (χ3n) is 4.82. The number of hydrogen-bond acceptors (Lipinski definition) is 7. The molecule has 0 radical (unpaired) electrons. The fourth-order valence-corrected chi connectivity index (χ4v) is 3.27. The summed E-state index contributed by atoms with van der Waals surface area (Å²) in [5.41, 5.74) is 5.34. The molecule has 1 aromatic carbocycles. The summed E-state index contributed by atoms with van der Waals surface area (Å²) in [5, 5.41) is 2.83. The maximum absolute atomic E-state index is 14.0. The summed E-state index contributed by atoms with van der Waals surface area (Å²) < 4.78 is 50.6. The fourth-order valence-electron chi connectivity index (χ4n) is 3.27. The van der Waals surface area contributed by atoms with Crippen LogP contribution in [0, 0.1) is 5.82 Å². The molecule has 1 amide bonds. The lowest BCUT2D eigenvalue weighted by atomic mass is 9.91.